The molecular weight excluding hydrogens is 316 g/mol. The molecule has 0 spiro atoms. The van der Waals surface area contributed by atoms with Crippen molar-refractivity contribution in [1.29, 1.82) is 0 Å². The van der Waals surface area contributed by atoms with E-state index in [1.165, 1.54) is 0 Å². The van der Waals surface area contributed by atoms with Crippen molar-refractivity contribution in [1.82, 2.24) is 0 Å². The summed E-state index contributed by atoms with van der Waals surface area (Å²) < 4.78 is 4.94. The Balaban J connectivity index is -0.000000107. The molecule has 22 heavy (non-hydrogen) atoms. The molecule has 0 radical (unpaired) electrons. The van der Waals surface area contributed by atoms with Gasteiger partial charge in [-0.3, -0.25) is 0 Å². The molecule has 1 aromatic carbocycles. The first-order chi connectivity index (χ1) is 9.52. The average molecular weight is 346 g/mol. The van der Waals surface area contributed by atoms with Crippen LogP contribution in [0.2, 0.25) is 0 Å². The van der Waals surface area contributed by atoms with Crippen molar-refractivity contribution >= 4 is 0 Å². The van der Waals surface area contributed by atoms with Gasteiger partial charge in [0.2, 0.25) is 0 Å². The van der Waals surface area contributed by atoms with Crippen LogP contribution in [0.15, 0.2) is 24.3 Å². The summed E-state index contributed by atoms with van der Waals surface area (Å²) >= 11 is 0. The van der Waals surface area contributed by atoms with Gasteiger partial charge in [0, 0.05) is 0 Å². The van der Waals surface area contributed by atoms with Gasteiger partial charge >= 0.3 is 21.7 Å². The summed E-state index contributed by atoms with van der Waals surface area (Å²) in [5.74, 6) is 0.877. The van der Waals surface area contributed by atoms with Gasteiger partial charge in [0.25, 0.3) is 0 Å². The molecule has 0 aliphatic carbocycles. The van der Waals surface area contributed by atoms with Crippen molar-refractivity contribution in [3.63, 3.8) is 0 Å². The Morgan fingerprint density at radius 1 is 0.773 bits per heavy atom. The van der Waals surface area contributed by atoms with Gasteiger partial charge in [0.1, 0.15) is 0 Å². The summed E-state index contributed by atoms with van der Waals surface area (Å²) in [5.41, 5.74) is 1.01. The van der Waals surface area contributed by atoms with Crippen molar-refractivity contribution in [3.05, 3.63) is 36.8 Å². The van der Waals surface area contributed by atoms with Crippen LogP contribution >= 0.6 is 0 Å². The zero-order valence-corrected chi connectivity index (χ0v) is 16.4. The second-order valence-electron chi connectivity index (χ2n) is 4.99. The predicted octanol–water partition coefficient (Wildman–Crippen LogP) is 1.14. The van der Waals surface area contributed by atoms with Crippen molar-refractivity contribution in [2.24, 2.45) is 0 Å². The summed E-state index contributed by atoms with van der Waals surface area (Å²) in [4.78, 5) is 0. The molecule has 0 aliphatic heterocycles. The van der Waals surface area contributed by atoms with E-state index in [-0.39, 0.29) is 21.7 Å². The van der Waals surface area contributed by atoms with Crippen LogP contribution in [-0.2, 0) is 21.7 Å². The fraction of sp³-hybridized carbons (Fsp3) is 0.588. The Hall–Kier alpha value is -0.516. The summed E-state index contributed by atoms with van der Waals surface area (Å²) in [6, 6.07) is 7.61. The monoisotopic (exact) mass is 346 g/mol. The predicted molar refractivity (Wildman–Crippen MR) is 82.9 cm³/mol. The van der Waals surface area contributed by atoms with Gasteiger partial charge in [-0.05, 0) is 0 Å². The molecule has 1 rings (SSSR count). The van der Waals surface area contributed by atoms with Gasteiger partial charge in [-0.2, -0.15) is 24.6 Å². The topological polar surface area (TPSA) is 78.4 Å². The number of benzene rings is 1. The Kier molecular flexibility index (Phi) is 27.5. The molecule has 1 aromatic rings. The van der Waals surface area contributed by atoms with Gasteiger partial charge in [0.15, 0.2) is 0 Å². The fourth-order valence-electron chi connectivity index (χ4n) is 0.626. The number of ether oxygens (including phenoxy) is 1. The number of rotatable bonds is 1. The molecule has 0 unspecified atom stereocenters. The summed E-state index contributed by atoms with van der Waals surface area (Å²) in [7, 11) is 1.65. The normalized spacial score (nSPS) is 8.59. The van der Waals surface area contributed by atoms with Crippen LogP contribution in [0, 0.1) is 6.92 Å². The third-order valence-corrected chi connectivity index (χ3v) is 1.16. The fourth-order valence-corrected chi connectivity index (χ4v) is 0.626. The van der Waals surface area contributed by atoms with Crippen molar-refractivity contribution in [2.75, 3.05) is 7.11 Å². The van der Waals surface area contributed by atoms with Crippen LogP contribution in [0.3, 0.4) is 0 Å². The molecular formula is C17H30O4Ti. The quantitative estimate of drug-likeness (QED) is 0.564. The van der Waals surface area contributed by atoms with Crippen LogP contribution < -0.4 is 20.1 Å². The molecule has 0 fully saturated rings. The largest absolute Gasteiger partial charge is 4.00 e. The van der Waals surface area contributed by atoms with Crippen molar-refractivity contribution in [2.45, 2.75) is 59.9 Å². The molecule has 0 saturated carbocycles. The third kappa shape index (κ3) is 50.5. The first kappa shape index (κ1) is 29.5. The molecule has 0 N–H and O–H groups in total. The summed E-state index contributed by atoms with van der Waals surface area (Å²) in [6.45, 7) is 13.4. The Morgan fingerprint density at radius 3 is 1.18 bits per heavy atom. The van der Waals surface area contributed by atoms with Crippen molar-refractivity contribution < 1.29 is 41.8 Å². The average Bonchev–Trinajstić information content (AvgIpc) is 2.27. The summed E-state index contributed by atoms with van der Waals surface area (Å²) in [6.07, 6.45) is -1.25. The number of hydrogen-bond acceptors (Lipinski definition) is 4. The molecule has 0 bridgehead atoms. The van der Waals surface area contributed by atoms with E-state index in [9.17, 15) is 15.3 Å². The number of hydrogen-bond donors (Lipinski definition) is 0. The van der Waals surface area contributed by atoms with Crippen LogP contribution in [0.1, 0.15) is 47.1 Å². The van der Waals surface area contributed by atoms with Gasteiger partial charge in [-0.25, -0.2) is 0 Å². The van der Waals surface area contributed by atoms with E-state index in [1.54, 1.807) is 48.7 Å². The first-order valence-corrected chi connectivity index (χ1v) is 6.96. The van der Waals surface area contributed by atoms with E-state index < -0.39 is 18.3 Å². The van der Waals surface area contributed by atoms with Crippen LogP contribution in [0.5, 0.6) is 5.75 Å². The van der Waals surface area contributed by atoms with Crippen molar-refractivity contribution in [3.8, 4) is 5.75 Å². The van der Waals surface area contributed by atoms with Crippen LogP contribution in [-0.4, -0.2) is 25.4 Å². The van der Waals surface area contributed by atoms with E-state index in [1.807, 2.05) is 24.3 Å². The van der Waals surface area contributed by atoms with E-state index in [0.29, 0.717) is 0 Å². The Bertz CT molecular complexity index is 276. The second kappa shape index (κ2) is 20.5. The molecule has 0 aliphatic rings. The molecule has 0 saturated heterocycles. The van der Waals surface area contributed by atoms with E-state index in [0.717, 1.165) is 11.3 Å². The zero-order valence-electron chi connectivity index (χ0n) is 14.9. The van der Waals surface area contributed by atoms with Crippen LogP contribution in [0.4, 0.5) is 0 Å². The van der Waals surface area contributed by atoms with E-state index >= 15 is 0 Å². The standard InChI is InChI=1S/C8H9O.3C3H7O.Ti/c1-7-3-5-8(9-2)6-4-7;3*1-3(2)4;/h3-6H,1H2,2H3;3*3H,1-2H3;/q4*-1;+4. The molecule has 0 aromatic heterocycles. The maximum Gasteiger partial charge on any atom is 4.00 e. The third-order valence-electron chi connectivity index (χ3n) is 1.16. The van der Waals surface area contributed by atoms with Gasteiger partial charge in [-0.15, -0.1) is 18.3 Å². The van der Waals surface area contributed by atoms with Crippen LogP contribution in [0.25, 0.3) is 0 Å². The SMILES string of the molecule is CC(C)[O-].CC(C)[O-].CC(C)[O-].[CH2-]c1ccc(OC)cc1.[Ti+4]. The molecule has 126 valence electrons. The van der Waals surface area contributed by atoms with E-state index in [2.05, 4.69) is 6.92 Å². The molecule has 0 atom stereocenters. The maximum absolute atomic E-state index is 9.53. The Labute approximate surface area is 151 Å². The van der Waals surface area contributed by atoms with Gasteiger partial charge < -0.3 is 20.1 Å². The smallest absolute Gasteiger partial charge is 0.852 e. The minimum absolute atomic E-state index is 0. The number of methoxy groups -OCH3 is 1. The molecule has 0 amide bonds. The molecule has 0 heterocycles. The summed E-state index contributed by atoms with van der Waals surface area (Å²) in [5, 5.41) is 28.6. The zero-order chi connectivity index (χ0) is 17.4. The van der Waals surface area contributed by atoms with E-state index in [4.69, 9.17) is 4.74 Å². The first-order valence-electron chi connectivity index (χ1n) is 6.96. The maximum atomic E-state index is 9.53. The van der Waals surface area contributed by atoms with Gasteiger partial charge in [0.05, 0.1) is 12.9 Å². The second-order valence-corrected chi connectivity index (χ2v) is 4.99. The molecule has 5 heteroatoms. The van der Waals surface area contributed by atoms with Gasteiger partial charge in [-0.1, -0.05) is 53.7 Å². The minimum Gasteiger partial charge on any atom is -0.852 e. The molecule has 4 nitrogen and oxygen atoms in total. The Morgan fingerprint density at radius 2 is 1.00 bits per heavy atom. The minimum atomic E-state index is -0.417.